The molecule has 0 bridgehead atoms. The molecule has 0 aromatic rings. The van der Waals surface area contributed by atoms with Crippen LogP contribution >= 0.6 is 0 Å². The second-order valence-corrected chi connectivity index (χ2v) is 8.57. The number of hydrogen-bond donors (Lipinski definition) is 4. The van der Waals surface area contributed by atoms with Gasteiger partial charge in [-0.25, -0.2) is 4.79 Å². The molecule has 0 aromatic heterocycles. The van der Waals surface area contributed by atoms with E-state index in [1.807, 2.05) is 20.8 Å². The van der Waals surface area contributed by atoms with Crippen molar-refractivity contribution in [3.05, 3.63) is 0 Å². The zero-order valence-corrected chi connectivity index (χ0v) is 21.6. The molecule has 7 heteroatoms. The molecule has 0 aliphatic carbocycles. The largest absolute Gasteiger partial charge is 0.378 e. The summed E-state index contributed by atoms with van der Waals surface area (Å²) >= 11 is 0. The van der Waals surface area contributed by atoms with Gasteiger partial charge in [-0.1, -0.05) is 33.6 Å². The Labute approximate surface area is 201 Å². The van der Waals surface area contributed by atoms with Crippen LogP contribution in [-0.4, -0.2) is 57.4 Å². The van der Waals surface area contributed by atoms with Crippen molar-refractivity contribution in [2.45, 2.75) is 73.3 Å². The van der Waals surface area contributed by atoms with Gasteiger partial charge >= 0.3 is 6.03 Å². The minimum atomic E-state index is -0.206. The average Bonchev–Trinajstić information content (AvgIpc) is 2.77. The molecule has 3 atom stereocenters. The fourth-order valence-electron chi connectivity index (χ4n) is 2.82. The van der Waals surface area contributed by atoms with Crippen LogP contribution in [0.4, 0.5) is 4.79 Å². The van der Waals surface area contributed by atoms with Gasteiger partial charge in [0.2, 0.25) is 5.91 Å². The summed E-state index contributed by atoms with van der Waals surface area (Å²) in [6.07, 6.45) is 3.08. The first-order valence-electron chi connectivity index (χ1n) is 12.3. The first-order valence-corrected chi connectivity index (χ1v) is 12.3. The molecule has 0 heterocycles. The van der Waals surface area contributed by atoms with E-state index >= 15 is 0 Å². The molecule has 0 fully saturated rings. The predicted octanol–water partition coefficient (Wildman–Crippen LogP) is 2.91. The third-order valence-corrected chi connectivity index (χ3v) is 5.41. The molecule has 4 N–H and O–H groups in total. The fraction of sp³-hybridized carbons (Fsp3) is 0.769. The summed E-state index contributed by atoms with van der Waals surface area (Å²) in [5.41, 5.74) is 0. The molecule has 3 unspecified atom stereocenters. The molecule has 7 nitrogen and oxygen atoms in total. The Morgan fingerprint density at radius 1 is 0.970 bits per heavy atom. The van der Waals surface area contributed by atoms with Gasteiger partial charge in [-0.05, 0) is 32.1 Å². The second kappa shape index (κ2) is 20.4. The molecule has 0 aliphatic heterocycles. The highest BCUT2D eigenvalue weighted by Crippen LogP contribution is 2.16. The summed E-state index contributed by atoms with van der Waals surface area (Å²) in [5, 5.41) is 11.9. The lowest BCUT2D eigenvalue weighted by Crippen LogP contribution is -2.40. The topological polar surface area (TPSA) is 91.5 Å². The van der Waals surface area contributed by atoms with Crippen LogP contribution in [0.15, 0.2) is 0 Å². The van der Waals surface area contributed by atoms with Crippen LogP contribution in [-0.2, 0) is 9.53 Å². The standard InChI is InChI=1S/C26H46N4O3/c1-7-9-11-12-22(5)24(13-10-8-2)20-29-26(32)28-17-19-33-18-16-27-15-14-25(31)30-23(6)21(3)4/h21-24,27H,8,11-12,14-20H2,1-6H3,(H,30,31)(H2,28,29,32). The van der Waals surface area contributed by atoms with Crippen molar-refractivity contribution in [1.29, 1.82) is 0 Å². The minimum absolute atomic E-state index is 0.0618. The third-order valence-electron chi connectivity index (χ3n) is 5.41. The zero-order chi connectivity index (χ0) is 24.9. The van der Waals surface area contributed by atoms with Gasteiger partial charge in [0.1, 0.15) is 0 Å². The summed E-state index contributed by atoms with van der Waals surface area (Å²) in [6, 6.07) is -0.0213. The number of nitrogens with one attached hydrogen (secondary N) is 4. The Kier molecular flexibility index (Phi) is 19.0. The van der Waals surface area contributed by atoms with Crippen LogP contribution in [0.3, 0.4) is 0 Å². The molecule has 0 aliphatic rings. The number of amides is 3. The summed E-state index contributed by atoms with van der Waals surface area (Å²) < 4.78 is 5.52. The van der Waals surface area contributed by atoms with E-state index in [0.29, 0.717) is 57.6 Å². The minimum Gasteiger partial charge on any atom is -0.378 e. The lowest BCUT2D eigenvalue weighted by atomic mass is 9.90. The molecule has 3 amide bonds. The summed E-state index contributed by atoms with van der Waals surface area (Å²) in [7, 11) is 0. The van der Waals surface area contributed by atoms with Crippen molar-refractivity contribution >= 4 is 11.9 Å². The monoisotopic (exact) mass is 462 g/mol. The van der Waals surface area contributed by atoms with Crippen molar-refractivity contribution in [2.24, 2.45) is 17.8 Å². The number of hydrogen-bond acceptors (Lipinski definition) is 4. The van der Waals surface area contributed by atoms with Gasteiger partial charge in [0.15, 0.2) is 0 Å². The Morgan fingerprint density at radius 2 is 1.70 bits per heavy atom. The molecule has 0 radical (unpaired) electrons. The highest BCUT2D eigenvalue weighted by atomic mass is 16.5. The van der Waals surface area contributed by atoms with Crippen molar-refractivity contribution in [3.8, 4) is 23.7 Å². The molecule has 0 rings (SSSR count). The van der Waals surface area contributed by atoms with Crippen LogP contribution in [0, 0.1) is 41.4 Å². The van der Waals surface area contributed by atoms with E-state index in [1.165, 1.54) is 0 Å². The number of rotatable bonds is 16. The van der Waals surface area contributed by atoms with E-state index in [9.17, 15) is 9.59 Å². The van der Waals surface area contributed by atoms with Crippen LogP contribution in [0.5, 0.6) is 0 Å². The first-order chi connectivity index (χ1) is 15.8. The van der Waals surface area contributed by atoms with E-state index in [-0.39, 0.29) is 23.9 Å². The first kappa shape index (κ1) is 30.8. The normalized spacial score (nSPS) is 13.1. The third kappa shape index (κ3) is 18.0. The van der Waals surface area contributed by atoms with E-state index < -0.39 is 0 Å². The molecule has 0 spiro atoms. The van der Waals surface area contributed by atoms with Crippen LogP contribution < -0.4 is 21.3 Å². The van der Waals surface area contributed by atoms with Crippen LogP contribution in [0.25, 0.3) is 0 Å². The Bertz CT molecular complexity index is 658. The lowest BCUT2D eigenvalue weighted by Gasteiger charge is -2.19. The predicted molar refractivity (Wildman–Crippen MR) is 136 cm³/mol. The Hall–Kier alpha value is -2.22. The van der Waals surface area contributed by atoms with E-state index in [0.717, 1.165) is 19.3 Å². The van der Waals surface area contributed by atoms with Crippen LogP contribution in [0.2, 0.25) is 0 Å². The van der Waals surface area contributed by atoms with Gasteiger partial charge in [0, 0.05) is 57.4 Å². The number of carbonyl (C=O) groups excluding carboxylic acids is 2. The molecule has 0 saturated heterocycles. The van der Waals surface area contributed by atoms with E-state index in [1.54, 1.807) is 0 Å². The second-order valence-electron chi connectivity index (χ2n) is 8.57. The summed E-state index contributed by atoms with van der Waals surface area (Å²) in [6.45, 7) is 15.4. The Balaban J connectivity index is 3.86. The van der Waals surface area contributed by atoms with Gasteiger partial charge in [-0.3, -0.25) is 4.79 Å². The fourth-order valence-corrected chi connectivity index (χ4v) is 2.82. The van der Waals surface area contributed by atoms with Gasteiger partial charge < -0.3 is 26.0 Å². The molecule has 0 aromatic carbocycles. The van der Waals surface area contributed by atoms with Crippen LogP contribution in [0.1, 0.15) is 67.2 Å². The maximum Gasteiger partial charge on any atom is 0.314 e. The molecular formula is C26H46N4O3. The molecular weight excluding hydrogens is 416 g/mol. The van der Waals surface area contributed by atoms with Crippen molar-refractivity contribution in [1.82, 2.24) is 21.3 Å². The quantitative estimate of drug-likeness (QED) is 0.210. The van der Waals surface area contributed by atoms with Gasteiger partial charge in [0.05, 0.1) is 13.2 Å². The SMILES string of the molecule is CC#CCCC(C)C(C#CCC)CNC(=O)NCCOCCNCCC(=O)NC(C)C(C)C. The number of ether oxygens (including phenoxy) is 1. The molecule has 0 saturated carbocycles. The Morgan fingerprint density at radius 3 is 2.36 bits per heavy atom. The average molecular weight is 463 g/mol. The van der Waals surface area contributed by atoms with Gasteiger partial charge in [0.25, 0.3) is 0 Å². The molecule has 188 valence electrons. The zero-order valence-electron chi connectivity index (χ0n) is 21.6. The number of carbonyl (C=O) groups is 2. The van der Waals surface area contributed by atoms with Crippen molar-refractivity contribution < 1.29 is 14.3 Å². The lowest BCUT2D eigenvalue weighted by molar-refractivity contribution is -0.121. The summed E-state index contributed by atoms with van der Waals surface area (Å²) in [4.78, 5) is 23.9. The maximum atomic E-state index is 12.1. The van der Waals surface area contributed by atoms with Gasteiger partial charge in [-0.2, -0.15) is 0 Å². The van der Waals surface area contributed by atoms with E-state index in [4.69, 9.17) is 4.74 Å². The highest BCUT2D eigenvalue weighted by Gasteiger charge is 2.15. The molecule has 33 heavy (non-hydrogen) atoms. The smallest absolute Gasteiger partial charge is 0.314 e. The maximum absolute atomic E-state index is 12.1. The van der Waals surface area contributed by atoms with Crippen molar-refractivity contribution in [3.63, 3.8) is 0 Å². The highest BCUT2D eigenvalue weighted by molar-refractivity contribution is 5.76. The van der Waals surface area contributed by atoms with Gasteiger partial charge in [-0.15, -0.1) is 17.8 Å². The number of urea groups is 1. The van der Waals surface area contributed by atoms with E-state index in [2.05, 4.69) is 65.7 Å². The summed E-state index contributed by atoms with van der Waals surface area (Å²) in [5.74, 6) is 13.4. The van der Waals surface area contributed by atoms with Crippen molar-refractivity contribution in [2.75, 3.05) is 39.4 Å².